The van der Waals surface area contributed by atoms with Crippen LogP contribution < -0.4 is 10.2 Å². The zero-order valence-electron chi connectivity index (χ0n) is 8.96. The zero-order chi connectivity index (χ0) is 11.0. The third-order valence-electron chi connectivity index (χ3n) is 2.36. The van der Waals surface area contributed by atoms with Gasteiger partial charge in [-0.3, -0.25) is 4.79 Å². The Morgan fingerprint density at radius 1 is 1.20 bits per heavy atom. The van der Waals surface area contributed by atoms with Gasteiger partial charge in [-0.2, -0.15) is 0 Å². The smallest absolute Gasteiger partial charge is 0.193 e. The summed E-state index contributed by atoms with van der Waals surface area (Å²) in [6.07, 6.45) is 0. The van der Waals surface area contributed by atoms with Crippen molar-refractivity contribution in [3.63, 3.8) is 0 Å². The van der Waals surface area contributed by atoms with Crippen LogP contribution in [-0.4, -0.2) is 7.11 Å². The summed E-state index contributed by atoms with van der Waals surface area (Å²) in [5.74, 6) is 1.31. The molecule has 0 unspecified atom stereocenters. The summed E-state index contributed by atoms with van der Waals surface area (Å²) in [6, 6.07) is 5.06. The number of fused-ring (bicyclic) bond motifs is 1. The summed E-state index contributed by atoms with van der Waals surface area (Å²) < 4.78 is 10.6. The summed E-state index contributed by atoms with van der Waals surface area (Å²) in [6.45, 7) is 3.63. The van der Waals surface area contributed by atoms with Gasteiger partial charge in [0.15, 0.2) is 5.43 Å². The average molecular weight is 204 g/mol. The highest BCUT2D eigenvalue weighted by molar-refractivity contribution is 5.81. The highest BCUT2D eigenvalue weighted by Crippen LogP contribution is 2.22. The molecule has 0 fully saturated rings. The number of hydrogen-bond acceptors (Lipinski definition) is 3. The van der Waals surface area contributed by atoms with Crippen molar-refractivity contribution in [1.82, 2.24) is 0 Å². The van der Waals surface area contributed by atoms with E-state index < -0.39 is 0 Å². The van der Waals surface area contributed by atoms with E-state index in [1.54, 1.807) is 20.1 Å². The van der Waals surface area contributed by atoms with Gasteiger partial charge in [-0.1, -0.05) is 0 Å². The van der Waals surface area contributed by atoms with Crippen LogP contribution in [0.5, 0.6) is 5.75 Å². The first-order valence-electron chi connectivity index (χ1n) is 4.71. The van der Waals surface area contributed by atoms with Gasteiger partial charge in [0.25, 0.3) is 0 Å². The Kier molecular flexibility index (Phi) is 2.23. The lowest BCUT2D eigenvalue weighted by Crippen LogP contribution is -2.02. The van der Waals surface area contributed by atoms with Gasteiger partial charge in [-0.15, -0.1) is 0 Å². The molecule has 0 aliphatic rings. The lowest BCUT2D eigenvalue weighted by atomic mass is 10.1. The number of methoxy groups -OCH3 is 1. The predicted molar refractivity (Wildman–Crippen MR) is 58.5 cm³/mol. The van der Waals surface area contributed by atoms with Crippen LogP contribution in [0.2, 0.25) is 0 Å². The number of ether oxygens (including phenoxy) is 1. The number of hydrogen-bond donors (Lipinski definition) is 0. The van der Waals surface area contributed by atoms with E-state index in [-0.39, 0.29) is 5.43 Å². The van der Waals surface area contributed by atoms with E-state index >= 15 is 0 Å². The van der Waals surface area contributed by atoms with Crippen LogP contribution in [0.3, 0.4) is 0 Å². The monoisotopic (exact) mass is 204 g/mol. The minimum Gasteiger partial charge on any atom is -0.497 e. The van der Waals surface area contributed by atoms with Crippen molar-refractivity contribution in [3.05, 3.63) is 39.7 Å². The molecule has 1 aromatic carbocycles. The average Bonchev–Trinajstić information content (AvgIpc) is 2.15. The molecule has 0 saturated heterocycles. The van der Waals surface area contributed by atoms with Crippen molar-refractivity contribution >= 4 is 11.0 Å². The van der Waals surface area contributed by atoms with Gasteiger partial charge in [-0.25, -0.2) is 0 Å². The summed E-state index contributed by atoms with van der Waals surface area (Å²) in [5, 5.41) is 0.626. The second-order valence-electron chi connectivity index (χ2n) is 3.54. The van der Waals surface area contributed by atoms with Crippen molar-refractivity contribution in [2.75, 3.05) is 7.11 Å². The Labute approximate surface area is 87.3 Å². The molecule has 0 spiro atoms. The van der Waals surface area contributed by atoms with Crippen molar-refractivity contribution in [1.29, 1.82) is 0 Å². The fraction of sp³-hybridized carbons (Fsp3) is 0.250. The maximum absolute atomic E-state index is 11.7. The van der Waals surface area contributed by atoms with Crippen LogP contribution in [-0.2, 0) is 0 Å². The van der Waals surface area contributed by atoms with Crippen molar-refractivity contribution < 1.29 is 9.15 Å². The number of rotatable bonds is 1. The lowest BCUT2D eigenvalue weighted by molar-refractivity contribution is 0.414. The molecule has 2 rings (SSSR count). The van der Waals surface area contributed by atoms with Crippen LogP contribution >= 0.6 is 0 Å². The van der Waals surface area contributed by atoms with Gasteiger partial charge in [0.1, 0.15) is 17.1 Å². The Hall–Kier alpha value is -1.77. The van der Waals surface area contributed by atoms with Crippen molar-refractivity contribution in [2.45, 2.75) is 13.8 Å². The molecule has 3 nitrogen and oxygen atoms in total. The van der Waals surface area contributed by atoms with E-state index in [9.17, 15) is 4.79 Å². The molecule has 0 aliphatic carbocycles. The van der Waals surface area contributed by atoms with Crippen LogP contribution in [0.4, 0.5) is 0 Å². The minimum atomic E-state index is -0.00565. The Morgan fingerprint density at radius 3 is 2.60 bits per heavy atom. The molecule has 0 atom stereocenters. The van der Waals surface area contributed by atoms with E-state index in [2.05, 4.69) is 0 Å². The molecule has 1 heterocycles. The maximum atomic E-state index is 11.7. The normalized spacial score (nSPS) is 10.6. The first-order valence-corrected chi connectivity index (χ1v) is 4.71. The molecule has 0 saturated carbocycles. The molecule has 0 amide bonds. The predicted octanol–water partition coefficient (Wildman–Crippen LogP) is 2.42. The highest BCUT2D eigenvalue weighted by atomic mass is 16.5. The first kappa shape index (κ1) is 9.77. The van der Waals surface area contributed by atoms with Gasteiger partial charge in [0.2, 0.25) is 0 Å². The molecular formula is C12H12O3. The molecule has 78 valence electrons. The van der Waals surface area contributed by atoms with Gasteiger partial charge < -0.3 is 9.15 Å². The highest BCUT2D eigenvalue weighted by Gasteiger charge is 2.07. The molecule has 2 aromatic rings. The van der Waals surface area contributed by atoms with Crippen LogP contribution in [0.15, 0.2) is 27.4 Å². The summed E-state index contributed by atoms with van der Waals surface area (Å²) in [5.41, 5.74) is 1.45. The Balaban J connectivity index is 2.91. The molecule has 15 heavy (non-hydrogen) atoms. The van der Waals surface area contributed by atoms with Gasteiger partial charge >= 0.3 is 0 Å². The molecule has 1 aromatic heterocycles. The second-order valence-corrected chi connectivity index (χ2v) is 3.54. The van der Waals surface area contributed by atoms with E-state index in [0.717, 1.165) is 5.56 Å². The summed E-state index contributed by atoms with van der Waals surface area (Å²) >= 11 is 0. The molecular weight excluding hydrogens is 192 g/mol. The van der Waals surface area contributed by atoms with Gasteiger partial charge in [0.05, 0.1) is 12.5 Å². The molecule has 3 heteroatoms. The molecule has 0 N–H and O–H groups in total. The van der Waals surface area contributed by atoms with Gasteiger partial charge in [0, 0.05) is 12.1 Å². The topological polar surface area (TPSA) is 39.4 Å². The molecule has 0 bridgehead atoms. The van der Waals surface area contributed by atoms with E-state index in [0.29, 0.717) is 22.5 Å². The largest absolute Gasteiger partial charge is 0.497 e. The number of aryl methyl sites for hydroxylation is 2. The van der Waals surface area contributed by atoms with Crippen molar-refractivity contribution in [3.8, 4) is 5.75 Å². The quantitative estimate of drug-likeness (QED) is 0.716. The SMILES string of the molecule is COc1cc(C)c2c(=O)cc(C)oc2c1. The fourth-order valence-corrected chi connectivity index (χ4v) is 1.70. The fourth-order valence-electron chi connectivity index (χ4n) is 1.70. The summed E-state index contributed by atoms with van der Waals surface area (Å²) in [7, 11) is 1.59. The van der Waals surface area contributed by atoms with E-state index in [1.807, 2.05) is 13.0 Å². The first-order chi connectivity index (χ1) is 7.11. The number of benzene rings is 1. The van der Waals surface area contributed by atoms with Gasteiger partial charge in [-0.05, 0) is 25.5 Å². The van der Waals surface area contributed by atoms with Crippen LogP contribution in [0, 0.1) is 13.8 Å². The maximum Gasteiger partial charge on any atom is 0.193 e. The lowest BCUT2D eigenvalue weighted by Gasteiger charge is -2.05. The second kappa shape index (κ2) is 3.42. The zero-order valence-corrected chi connectivity index (χ0v) is 8.96. The van der Waals surface area contributed by atoms with E-state index in [4.69, 9.17) is 9.15 Å². The molecule has 0 radical (unpaired) electrons. The van der Waals surface area contributed by atoms with Crippen molar-refractivity contribution in [2.24, 2.45) is 0 Å². The Bertz CT molecular complexity index is 567. The van der Waals surface area contributed by atoms with Crippen LogP contribution in [0.25, 0.3) is 11.0 Å². The molecule has 0 aliphatic heterocycles. The van der Waals surface area contributed by atoms with E-state index in [1.165, 1.54) is 6.07 Å². The minimum absolute atomic E-state index is 0.00565. The third kappa shape index (κ3) is 1.61. The standard InChI is InChI=1S/C12H12O3/c1-7-4-9(14-3)6-11-12(7)10(13)5-8(2)15-11/h4-6H,1-3H3. The Morgan fingerprint density at radius 2 is 1.93 bits per heavy atom. The third-order valence-corrected chi connectivity index (χ3v) is 2.36. The summed E-state index contributed by atoms with van der Waals surface area (Å²) in [4.78, 5) is 11.7. The van der Waals surface area contributed by atoms with Crippen LogP contribution in [0.1, 0.15) is 11.3 Å².